The molecule has 0 aliphatic carbocycles. The quantitative estimate of drug-likeness (QED) is 0.163. The first-order chi connectivity index (χ1) is 29.4. The van der Waals surface area contributed by atoms with Crippen LogP contribution in [0.4, 0.5) is 0 Å². The Hall–Kier alpha value is -2.52. The van der Waals surface area contributed by atoms with Crippen molar-refractivity contribution in [3.05, 3.63) is 0 Å². The van der Waals surface area contributed by atoms with Crippen molar-refractivity contribution in [1.82, 2.24) is 19.6 Å². The third kappa shape index (κ3) is 45.3. The SMILES string of the molecule is CCN(CC)C(=O)COC.CCOCCOC.COCC(=O)N(C)C.COCC(=O)N1CCCC1.COCC(=O)N1CCCCC1.COCC1CCCO1.COCCCOC. The highest BCUT2D eigenvalue weighted by Crippen LogP contribution is 2.11. The van der Waals surface area contributed by atoms with E-state index in [0.29, 0.717) is 19.3 Å². The minimum Gasteiger partial charge on any atom is -0.385 e. The highest BCUT2D eigenvalue weighted by Gasteiger charge is 2.17. The standard InChI is InChI=1S/C8H15NO2.C7H13NO2.C7H15NO2.C6H12O2.C5H11NO2.2C5H12O2/c1-11-7-8(10)9-5-3-2-4-6-9;1-10-6-7(9)8-4-2-3-5-8;1-4-8(5-2)7(9)6-10-3;1-7-5-6-3-2-4-8-6;1-6(2)5(7)4-8-3;1-6-4-3-5-7-2;1-3-7-5-4-6-2/h2-7H2,1H3;2-6H2,1H3;4-6H2,1-3H3;6H,2-5H2,1H3;4H2,1-3H3;2*3-5H2,1-2H3. The minimum atomic E-state index is -0.00694. The molecule has 0 radical (unpaired) electrons. The molecular weight excluding hydrogens is 796 g/mol. The van der Waals surface area contributed by atoms with Crippen molar-refractivity contribution < 1.29 is 66.5 Å². The topological polar surface area (TPSA) is 174 Å². The van der Waals surface area contributed by atoms with Crippen LogP contribution in [0.25, 0.3) is 0 Å². The molecule has 18 nitrogen and oxygen atoms in total. The first-order valence-corrected chi connectivity index (χ1v) is 21.5. The number of hydrogen-bond donors (Lipinski definition) is 0. The van der Waals surface area contributed by atoms with Crippen LogP contribution in [0.5, 0.6) is 0 Å². The molecular formula is C43H90N4O14. The molecule has 0 bridgehead atoms. The maximum Gasteiger partial charge on any atom is 0.248 e. The van der Waals surface area contributed by atoms with Crippen LogP contribution in [0.2, 0.25) is 0 Å². The van der Waals surface area contributed by atoms with E-state index < -0.39 is 0 Å². The number of carbonyl (C=O) groups is 4. The van der Waals surface area contributed by atoms with Crippen LogP contribution in [0, 0.1) is 0 Å². The van der Waals surface area contributed by atoms with Crippen molar-refractivity contribution in [3.63, 3.8) is 0 Å². The summed E-state index contributed by atoms with van der Waals surface area (Å²) in [5.74, 6) is 0.312. The Balaban J connectivity index is -0.000000313. The maximum atomic E-state index is 11.2. The van der Waals surface area contributed by atoms with Crippen LogP contribution < -0.4 is 0 Å². The van der Waals surface area contributed by atoms with Gasteiger partial charge in [-0.1, -0.05) is 0 Å². The summed E-state index contributed by atoms with van der Waals surface area (Å²) in [7, 11) is 16.3. The molecule has 0 saturated carbocycles. The van der Waals surface area contributed by atoms with Gasteiger partial charge in [-0.2, -0.15) is 0 Å². The summed E-state index contributed by atoms with van der Waals surface area (Å²) in [5, 5.41) is 0. The van der Waals surface area contributed by atoms with Gasteiger partial charge in [0, 0.05) is 137 Å². The van der Waals surface area contributed by atoms with Crippen LogP contribution in [0.3, 0.4) is 0 Å². The van der Waals surface area contributed by atoms with E-state index in [2.05, 4.69) is 4.74 Å². The number of piperidine rings is 1. The Morgan fingerprint density at radius 2 is 0.984 bits per heavy atom. The average molecular weight is 887 g/mol. The number of rotatable bonds is 20. The van der Waals surface area contributed by atoms with Gasteiger partial charge in [-0.15, -0.1) is 0 Å². The fraction of sp³-hybridized carbons (Fsp3) is 0.907. The van der Waals surface area contributed by atoms with E-state index in [1.807, 2.05) is 30.6 Å². The lowest BCUT2D eigenvalue weighted by Crippen LogP contribution is -2.37. The van der Waals surface area contributed by atoms with E-state index in [0.717, 1.165) is 104 Å². The first kappa shape index (κ1) is 65.1. The Morgan fingerprint density at radius 3 is 1.31 bits per heavy atom. The van der Waals surface area contributed by atoms with Gasteiger partial charge in [0.1, 0.15) is 26.4 Å². The molecule has 3 fully saturated rings. The third-order valence-electron chi connectivity index (χ3n) is 8.56. The van der Waals surface area contributed by atoms with Crippen LogP contribution in [0.15, 0.2) is 0 Å². The lowest BCUT2D eigenvalue weighted by atomic mass is 10.1. The summed E-state index contributed by atoms with van der Waals surface area (Å²) >= 11 is 0. The van der Waals surface area contributed by atoms with Crippen molar-refractivity contribution in [2.24, 2.45) is 0 Å². The summed E-state index contributed by atoms with van der Waals surface area (Å²) in [6, 6.07) is 0. The monoisotopic (exact) mass is 887 g/mol. The second-order valence-corrected chi connectivity index (χ2v) is 13.7. The van der Waals surface area contributed by atoms with Crippen LogP contribution in [0.1, 0.15) is 72.1 Å². The lowest BCUT2D eigenvalue weighted by Gasteiger charge is -2.26. The number of ether oxygens (including phenoxy) is 10. The van der Waals surface area contributed by atoms with Gasteiger partial charge >= 0.3 is 0 Å². The molecule has 3 saturated heterocycles. The van der Waals surface area contributed by atoms with Crippen LogP contribution >= 0.6 is 0 Å². The van der Waals surface area contributed by atoms with Gasteiger partial charge in [-0.25, -0.2) is 0 Å². The van der Waals surface area contributed by atoms with Gasteiger partial charge in [0.15, 0.2) is 0 Å². The second-order valence-electron chi connectivity index (χ2n) is 13.7. The zero-order chi connectivity index (χ0) is 46.9. The van der Waals surface area contributed by atoms with E-state index in [1.165, 1.54) is 38.4 Å². The number of likely N-dealkylation sites (tertiary alicyclic amines) is 2. The summed E-state index contributed by atoms with van der Waals surface area (Å²) in [4.78, 5) is 50.8. The molecule has 0 aromatic carbocycles. The predicted molar refractivity (Wildman–Crippen MR) is 238 cm³/mol. The van der Waals surface area contributed by atoms with Crippen LogP contribution in [-0.4, -0.2) is 232 Å². The smallest absolute Gasteiger partial charge is 0.248 e. The molecule has 0 N–H and O–H groups in total. The highest BCUT2D eigenvalue weighted by molar-refractivity contribution is 5.78. The molecule has 18 heteroatoms. The van der Waals surface area contributed by atoms with Gasteiger partial charge in [0.25, 0.3) is 0 Å². The molecule has 0 spiro atoms. The van der Waals surface area contributed by atoms with Crippen molar-refractivity contribution >= 4 is 23.6 Å². The van der Waals surface area contributed by atoms with Gasteiger partial charge in [0.05, 0.1) is 25.9 Å². The first-order valence-electron chi connectivity index (χ1n) is 21.5. The molecule has 366 valence electrons. The van der Waals surface area contributed by atoms with E-state index >= 15 is 0 Å². The highest BCUT2D eigenvalue weighted by atomic mass is 16.5. The number of hydrogen-bond acceptors (Lipinski definition) is 14. The van der Waals surface area contributed by atoms with E-state index in [1.54, 1.807) is 61.7 Å². The minimum absolute atomic E-state index is 0.00694. The molecule has 1 atom stereocenters. The number of nitrogens with zero attached hydrogens (tertiary/aromatic N) is 4. The Bertz CT molecular complexity index is 912. The second kappa shape index (κ2) is 51.8. The zero-order valence-electron chi connectivity index (χ0n) is 40.8. The number of methoxy groups -OCH3 is 8. The largest absolute Gasteiger partial charge is 0.385 e. The molecule has 61 heavy (non-hydrogen) atoms. The summed E-state index contributed by atoms with van der Waals surface area (Å²) in [6.45, 7) is 17.4. The summed E-state index contributed by atoms with van der Waals surface area (Å²) in [6.07, 6.45) is 9.61. The fourth-order valence-corrected chi connectivity index (χ4v) is 5.18. The average Bonchev–Trinajstić information content (AvgIpc) is 4.00. The van der Waals surface area contributed by atoms with Crippen molar-refractivity contribution in [3.8, 4) is 0 Å². The number of carbonyl (C=O) groups excluding carboxylic acids is 4. The molecule has 1 unspecified atom stereocenters. The van der Waals surface area contributed by atoms with Crippen molar-refractivity contribution in [2.75, 3.05) is 183 Å². The van der Waals surface area contributed by atoms with E-state index in [-0.39, 0.29) is 50.1 Å². The number of amides is 4. The van der Waals surface area contributed by atoms with Gasteiger partial charge in [-0.05, 0) is 72.1 Å². The lowest BCUT2D eigenvalue weighted by molar-refractivity contribution is -0.136. The molecule has 3 heterocycles. The fourth-order valence-electron chi connectivity index (χ4n) is 5.18. The van der Waals surface area contributed by atoms with Gasteiger partial charge in [-0.3, -0.25) is 19.2 Å². The van der Waals surface area contributed by atoms with E-state index in [4.69, 9.17) is 42.6 Å². The van der Waals surface area contributed by atoms with Crippen LogP contribution in [-0.2, 0) is 66.5 Å². The van der Waals surface area contributed by atoms with Crippen molar-refractivity contribution in [1.29, 1.82) is 0 Å². The molecule has 4 amide bonds. The maximum absolute atomic E-state index is 11.2. The molecule has 0 aromatic heterocycles. The van der Waals surface area contributed by atoms with Crippen molar-refractivity contribution in [2.45, 2.75) is 78.2 Å². The van der Waals surface area contributed by atoms with E-state index in [9.17, 15) is 19.2 Å². The summed E-state index contributed by atoms with van der Waals surface area (Å²) < 4.78 is 48.1. The Labute approximate surface area is 370 Å². The Morgan fingerprint density at radius 1 is 0.541 bits per heavy atom. The van der Waals surface area contributed by atoms with Gasteiger partial charge < -0.3 is 67.0 Å². The molecule has 3 aliphatic heterocycles. The molecule has 0 aromatic rings. The normalized spacial score (nSPS) is 14.9. The number of likely N-dealkylation sites (N-methyl/N-ethyl adjacent to an activating group) is 2. The zero-order valence-corrected chi connectivity index (χ0v) is 40.8. The Kier molecular flexibility index (Phi) is 55.3. The molecule has 3 rings (SSSR count). The molecule has 3 aliphatic rings. The van der Waals surface area contributed by atoms with Gasteiger partial charge in [0.2, 0.25) is 23.6 Å². The third-order valence-corrected chi connectivity index (χ3v) is 8.56. The predicted octanol–water partition coefficient (Wildman–Crippen LogP) is 3.27. The summed E-state index contributed by atoms with van der Waals surface area (Å²) in [5.41, 5.74) is 0.